The van der Waals surface area contributed by atoms with Gasteiger partial charge in [0.2, 0.25) is 0 Å². The molecule has 0 bridgehead atoms. The second-order valence-electron chi connectivity index (χ2n) is 7.04. The molecule has 2 heterocycles. The zero-order valence-electron chi connectivity index (χ0n) is 14.1. The van der Waals surface area contributed by atoms with Gasteiger partial charge in [0.1, 0.15) is 23.8 Å². The van der Waals surface area contributed by atoms with Crippen LogP contribution < -0.4 is 10.2 Å². The van der Waals surface area contributed by atoms with Gasteiger partial charge in [0, 0.05) is 37.7 Å². The first-order valence-electron chi connectivity index (χ1n) is 8.93. The third-order valence-electron chi connectivity index (χ3n) is 5.18. The fourth-order valence-corrected chi connectivity index (χ4v) is 3.64. The number of halogens is 1. The number of aliphatic hydroxyl groups is 1. The second kappa shape index (κ2) is 6.96. The van der Waals surface area contributed by atoms with Crippen LogP contribution in [0.25, 0.3) is 0 Å². The standard InChI is InChI=1S/C19H23FN4O/c20-15-5-3-14(4-6-15)16-8-17(16)23-18-9-19(22-12-21-18)24-7-1-2-13(10-24)11-25/h3-6,9,12-13,16-17,25H,1-2,7-8,10-11H2,(H,21,22,23)/t13?,16-,17+/m0/s1. The maximum atomic E-state index is 13.0. The summed E-state index contributed by atoms with van der Waals surface area (Å²) in [7, 11) is 0. The minimum Gasteiger partial charge on any atom is -0.396 e. The van der Waals surface area contributed by atoms with E-state index in [1.807, 2.05) is 18.2 Å². The summed E-state index contributed by atoms with van der Waals surface area (Å²) >= 11 is 0. The first-order valence-corrected chi connectivity index (χ1v) is 8.93. The minimum absolute atomic E-state index is 0.197. The van der Waals surface area contributed by atoms with Crippen LogP contribution in [0.4, 0.5) is 16.0 Å². The molecule has 5 nitrogen and oxygen atoms in total. The van der Waals surface area contributed by atoms with Gasteiger partial charge in [-0.15, -0.1) is 0 Å². The molecule has 1 saturated heterocycles. The number of aromatic nitrogens is 2. The summed E-state index contributed by atoms with van der Waals surface area (Å²) in [5.74, 6) is 2.27. The van der Waals surface area contributed by atoms with E-state index in [2.05, 4.69) is 20.2 Å². The first-order chi connectivity index (χ1) is 12.2. The lowest BCUT2D eigenvalue weighted by Gasteiger charge is -2.32. The Balaban J connectivity index is 1.40. The van der Waals surface area contributed by atoms with Crippen molar-refractivity contribution in [3.8, 4) is 0 Å². The Morgan fingerprint density at radius 2 is 2.08 bits per heavy atom. The van der Waals surface area contributed by atoms with Crippen LogP contribution in [0, 0.1) is 11.7 Å². The van der Waals surface area contributed by atoms with Gasteiger partial charge < -0.3 is 15.3 Å². The molecule has 1 aromatic carbocycles. The van der Waals surface area contributed by atoms with Crippen molar-refractivity contribution in [2.24, 2.45) is 5.92 Å². The van der Waals surface area contributed by atoms with Gasteiger partial charge >= 0.3 is 0 Å². The van der Waals surface area contributed by atoms with Gasteiger partial charge in [-0.2, -0.15) is 0 Å². The highest BCUT2D eigenvalue weighted by molar-refractivity contribution is 5.51. The van der Waals surface area contributed by atoms with E-state index in [0.29, 0.717) is 17.9 Å². The Bertz CT molecular complexity index is 724. The van der Waals surface area contributed by atoms with Crippen LogP contribution in [-0.2, 0) is 0 Å². The fourth-order valence-electron chi connectivity index (χ4n) is 3.64. The maximum absolute atomic E-state index is 13.0. The minimum atomic E-state index is -0.197. The Morgan fingerprint density at radius 3 is 2.88 bits per heavy atom. The van der Waals surface area contributed by atoms with Gasteiger partial charge in [-0.25, -0.2) is 14.4 Å². The number of hydrogen-bond donors (Lipinski definition) is 2. The molecule has 3 atom stereocenters. The van der Waals surface area contributed by atoms with Gasteiger partial charge in [-0.1, -0.05) is 12.1 Å². The van der Waals surface area contributed by atoms with Gasteiger partial charge in [0.05, 0.1) is 0 Å². The van der Waals surface area contributed by atoms with E-state index in [4.69, 9.17) is 0 Å². The van der Waals surface area contributed by atoms with Crippen LogP contribution in [0.15, 0.2) is 36.7 Å². The van der Waals surface area contributed by atoms with Crippen molar-refractivity contribution in [3.63, 3.8) is 0 Å². The largest absolute Gasteiger partial charge is 0.396 e. The molecule has 0 amide bonds. The molecule has 6 heteroatoms. The predicted octanol–water partition coefficient (Wildman–Crippen LogP) is 2.79. The molecule has 1 aliphatic heterocycles. The summed E-state index contributed by atoms with van der Waals surface area (Å²) < 4.78 is 13.0. The highest BCUT2D eigenvalue weighted by atomic mass is 19.1. The molecule has 132 valence electrons. The number of aliphatic hydroxyl groups excluding tert-OH is 1. The Morgan fingerprint density at radius 1 is 1.24 bits per heavy atom. The van der Waals surface area contributed by atoms with Gasteiger partial charge in [0.25, 0.3) is 0 Å². The van der Waals surface area contributed by atoms with Gasteiger partial charge in [-0.05, 0) is 42.9 Å². The molecule has 2 N–H and O–H groups in total. The first kappa shape index (κ1) is 16.3. The molecule has 2 fully saturated rings. The van der Waals surface area contributed by atoms with Gasteiger partial charge in [0.15, 0.2) is 0 Å². The molecule has 2 aliphatic rings. The quantitative estimate of drug-likeness (QED) is 0.875. The monoisotopic (exact) mass is 342 g/mol. The summed E-state index contributed by atoms with van der Waals surface area (Å²) in [5.41, 5.74) is 1.16. The molecule has 0 spiro atoms. The Labute approximate surface area is 146 Å². The summed E-state index contributed by atoms with van der Waals surface area (Å²) in [6.45, 7) is 2.04. The van der Waals surface area contributed by atoms with Crippen molar-refractivity contribution >= 4 is 11.6 Å². The van der Waals surface area contributed by atoms with Crippen LogP contribution in [0.3, 0.4) is 0 Å². The zero-order chi connectivity index (χ0) is 17.2. The van der Waals surface area contributed by atoms with Crippen molar-refractivity contribution < 1.29 is 9.50 Å². The van der Waals surface area contributed by atoms with E-state index in [1.54, 1.807) is 6.33 Å². The fraction of sp³-hybridized carbons (Fsp3) is 0.474. The molecule has 1 saturated carbocycles. The summed E-state index contributed by atoms with van der Waals surface area (Å²) in [6, 6.07) is 9.06. The number of anilines is 2. The molecule has 1 aromatic heterocycles. The highest BCUT2D eigenvalue weighted by Gasteiger charge is 2.38. The smallest absolute Gasteiger partial charge is 0.134 e. The summed E-state index contributed by atoms with van der Waals surface area (Å²) in [4.78, 5) is 11.0. The summed E-state index contributed by atoms with van der Waals surface area (Å²) in [6.07, 6.45) is 4.77. The van der Waals surface area contributed by atoms with E-state index in [0.717, 1.165) is 49.6 Å². The van der Waals surface area contributed by atoms with E-state index < -0.39 is 0 Å². The van der Waals surface area contributed by atoms with E-state index in [-0.39, 0.29) is 12.4 Å². The molecule has 2 aromatic rings. The lowest BCUT2D eigenvalue weighted by Crippen LogP contribution is -2.37. The number of nitrogens with one attached hydrogen (secondary N) is 1. The van der Waals surface area contributed by atoms with Crippen LogP contribution >= 0.6 is 0 Å². The van der Waals surface area contributed by atoms with Crippen LogP contribution in [0.1, 0.15) is 30.7 Å². The average molecular weight is 342 g/mol. The molecular weight excluding hydrogens is 319 g/mol. The predicted molar refractivity (Wildman–Crippen MR) is 95.2 cm³/mol. The van der Waals surface area contributed by atoms with Crippen molar-refractivity contribution in [2.75, 3.05) is 29.9 Å². The van der Waals surface area contributed by atoms with E-state index in [1.165, 1.54) is 12.1 Å². The number of piperidine rings is 1. The topological polar surface area (TPSA) is 61.3 Å². The van der Waals surface area contributed by atoms with Crippen molar-refractivity contribution in [2.45, 2.75) is 31.2 Å². The Hall–Kier alpha value is -2.21. The highest BCUT2D eigenvalue weighted by Crippen LogP contribution is 2.42. The van der Waals surface area contributed by atoms with Crippen molar-refractivity contribution in [1.29, 1.82) is 0 Å². The summed E-state index contributed by atoms with van der Waals surface area (Å²) in [5, 5.41) is 12.9. The lowest BCUT2D eigenvalue weighted by molar-refractivity contribution is 0.208. The van der Waals surface area contributed by atoms with Gasteiger partial charge in [-0.3, -0.25) is 0 Å². The van der Waals surface area contributed by atoms with Crippen molar-refractivity contribution in [3.05, 3.63) is 48.0 Å². The van der Waals surface area contributed by atoms with Crippen LogP contribution in [0.5, 0.6) is 0 Å². The maximum Gasteiger partial charge on any atom is 0.134 e. The Kier molecular flexibility index (Phi) is 4.53. The van der Waals surface area contributed by atoms with E-state index in [9.17, 15) is 9.50 Å². The second-order valence-corrected chi connectivity index (χ2v) is 7.04. The van der Waals surface area contributed by atoms with E-state index >= 15 is 0 Å². The molecule has 4 rings (SSSR count). The molecule has 1 aliphatic carbocycles. The van der Waals surface area contributed by atoms with Crippen LogP contribution in [0.2, 0.25) is 0 Å². The average Bonchev–Trinajstić information content (AvgIpc) is 3.41. The zero-order valence-corrected chi connectivity index (χ0v) is 14.1. The van der Waals surface area contributed by atoms with Crippen LogP contribution in [-0.4, -0.2) is 40.8 Å². The van der Waals surface area contributed by atoms with Crippen molar-refractivity contribution in [1.82, 2.24) is 9.97 Å². The number of hydrogen-bond acceptors (Lipinski definition) is 5. The number of rotatable bonds is 5. The number of nitrogens with zero attached hydrogens (tertiary/aromatic N) is 3. The molecule has 25 heavy (non-hydrogen) atoms. The lowest BCUT2D eigenvalue weighted by atomic mass is 9.99. The number of benzene rings is 1. The molecule has 1 unspecified atom stereocenters. The third kappa shape index (κ3) is 3.74. The molecular formula is C19H23FN4O. The molecule has 0 radical (unpaired) electrons. The third-order valence-corrected chi connectivity index (χ3v) is 5.18. The SMILES string of the molecule is OCC1CCCN(c2cc(N[C@@H]3C[C@H]3c3ccc(F)cc3)ncn2)C1. The normalized spacial score (nSPS) is 25.7.